The summed E-state index contributed by atoms with van der Waals surface area (Å²) >= 11 is 0. The Bertz CT molecular complexity index is 195. The average molecular weight is 230 g/mol. The first kappa shape index (κ1) is 15.4. The number of carbonyl (C=O) groups is 1. The maximum absolute atomic E-state index is 11.7. The van der Waals surface area contributed by atoms with Gasteiger partial charge in [0.25, 0.3) is 0 Å². The molecule has 4 nitrogen and oxygen atoms in total. The molecule has 96 valence electrons. The van der Waals surface area contributed by atoms with E-state index in [4.69, 9.17) is 5.73 Å². The molecule has 2 unspecified atom stereocenters. The van der Waals surface area contributed by atoms with Crippen LogP contribution < -0.4 is 11.1 Å². The molecule has 1 amide bonds. The minimum atomic E-state index is -0.455. The first-order valence-corrected chi connectivity index (χ1v) is 6.17. The highest BCUT2D eigenvalue weighted by atomic mass is 16.3. The van der Waals surface area contributed by atoms with Gasteiger partial charge in [0.15, 0.2) is 0 Å². The Morgan fingerprint density at radius 3 is 2.50 bits per heavy atom. The number of carbonyl (C=O) groups excluding carboxylic acids is 1. The van der Waals surface area contributed by atoms with Crippen LogP contribution in [0.15, 0.2) is 0 Å². The van der Waals surface area contributed by atoms with Gasteiger partial charge in [0, 0.05) is 13.1 Å². The van der Waals surface area contributed by atoms with E-state index < -0.39 is 6.10 Å². The molecule has 16 heavy (non-hydrogen) atoms. The van der Waals surface area contributed by atoms with Crippen molar-refractivity contribution in [3.63, 3.8) is 0 Å². The van der Waals surface area contributed by atoms with Crippen molar-refractivity contribution < 1.29 is 9.90 Å². The van der Waals surface area contributed by atoms with E-state index >= 15 is 0 Å². The zero-order valence-electron chi connectivity index (χ0n) is 10.7. The van der Waals surface area contributed by atoms with Crippen molar-refractivity contribution in [1.82, 2.24) is 5.32 Å². The Labute approximate surface area is 98.6 Å². The lowest BCUT2D eigenvalue weighted by Crippen LogP contribution is -2.39. The molecule has 0 spiro atoms. The maximum atomic E-state index is 11.7. The summed E-state index contributed by atoms with van der Waals surface area (Å²) in [5, 5.41) is 12.4. The molecular weight excluding hydrogens is 204 g/mol. The van der Waals surface area contributed by atoms with Crippen LogP contribution in [0.2, 0.25) is 0 Å². The number of amides is 1. The van der Waals surface area contributed by atoms with Crippen LogP contribution in [0.25, 0.3) is 0 Å². The molecule has 0 aliphatic carbocycles. The van der Waals surface area contributed by atoms with E-state index in [2.05, 4.69) is 5.32 Å². The van der Waals surface area contributed by atoms with Crippen LogP contribution in [-0.2, 0) is 4.79 Å². The number of rotatable bonds is 8. The molecule has 4 N–H and O–H groups in total. The molecule has 0 radical (unpaired) electrons. The molecule has 0 aromatic heterocycles. The van der Waals surface area contributed by atoms with E-state index in [-0.39, 0.29) is 11.8 Å². The highest BCUT2D eigenvalue weighted by Gasteiger charge is 2.16. The number of hydrogen-bond acceptors (Lipinski definition) is 3. The van der Waals surface area contributed by atoms with Crippen molar-refractivity contribution in [3.8, 4) is 0 Å². The molecule has 0 aromatic carbocycles. The molecule has 0 aliphatic heterocycles. The third-order valence-corrected chi connectivity index (χ3v) is 2.55. The van der Waals surface area contributed by atoms with Gasteiger partial charge in [-0.05, 0) is 18.8 Å². The fourth-order valence-corrected chi connectivity index (χ4v) is 1.69. The van der Waals surface area contributed by atoms with Crippen LogP contribution in [0.5, 0.6) is 0 Å². The lowest BCUT2D eigenvalue weighted by Gasteiger charge is -2.17. The summed E-state index contributed by atoms with van der Waals surface area (Å²) in [5.41, 5.74) is 5.52. The summed E-state index contributed by atoms with van der Waals surface area (Å²) < 4.78 is 0. The van der Waals surface area contributed by atoms with Gasteiger partial charge in [0.2, 0.25) is 5.91 Å². The Kier molecular flexibility index (Phi) is 8.21. The molecule has 0 saturated heterocycles. The third kappa shape index (κ3) is 6.80. The molecule has 0 rings (SSSR count). The normalized spacial score (nSPS) is 14.9. The summed E-state index contributed by atoms with van der Waals surface area (Å²) in [6, 6.07) is 0. The number of hydrogen-bond donors (Lipinski definition) is 3. The lowest BCUT2D eigenvalue weighted by molar-refractivity contribution is -0.125. The van der Waals surface area contributed by atoms with Gasteiger partial charge in [-0.15, -0.1) is 0 Å². The molecule has 0 saturated carbocycles. The van der Waals surface area contributed by atoms with Crippen LogP contribution in [0.1, 0.15) is 40.0 Å². The molecule has 0 bridgehead atoms. The average Bonchev–Trinajstić information content (AvgIpc) is 2.21. The molecule has 0 aliphatic rings. The molecule has 4 heteroatoms. The standard InChI is InChI=1S/C12H26N2O2/c1-4-5-10(7-13)12(16)14-8-11(15)6-9(2)3/h9-11,15H,4-8,13H2,1-3H3,(H,14,16). The highest BCUT2D eigenvalue weighted by molar-refractivity contribution is 5.78. The third-order valence-electron chi connectivity index (χ3n) is 2.55. The second-order valence-electron chi connectivity index (χ2n) is 4.75. The van der Waals surface area contributed by atoms with Gasteiger partial charge in [-0.25, -0.2) is 0 Å². The summed E-state index contributed by atoms with van der Waals surface area (Å²) in [7, 11) is 0. The van der Waals surface area contributed by atoms with Crippen molar-refractivity contribution in [2.75, 3.05) is 13.1 Å². The van der Waals surface area contributed by atoms with Crippen LogP contribution in [0, 0.1) is 11.8 Å². The van der Waals surface area contributed by atoms with Crippen molar-refractivity contribution in [3.05, 3.63) is 0 Å². The second kappa shape index (κ2) is 8.53. The second-order valence-corrected chi connectivity index (χ2v) is 4.75. The number of aliphatic hydroxyl groups is 1. The number of nitrogens with two attached hydrogens (primary N) is 1. The molecule has 0 heterocycles. The van der Waals surface area contributed by atoms with Gasteiger partial charge >= 0.3 is 0 Å². The predicted octanol–water partition coefficient (Wildman–Crippen LogP) is 0.885. The van der Waals surface area contributed by atoms with Gasteiger partial charge in [0.05, 0.1) is 12.0 Å². The van der Waals surface area contributed by atoms with Crippen molar-refractivity contribution in [2.45, 2.75) is 46.1 Å². The molecule has 2 atom stereocenters. The maximum Gasteiger partial charge on any atom is 0.224 e. The first-order chi connectivity index (χ1) is 7.51. The highest BCUT2D eigenvalue weighted by Crippen LogP contribution is 2.06. The molecule has 0 aromatic rings. The van der Waals surface area contributed by atoms with Gasteiger partial charge in [0.1, 0.15) is 0 Å². The van der Waals surface area contributed by atoms with E-state index in [1.54, 1.807) is 0 Å². The quantitative estimate of drug-likeness (QED) is 0.579. The number of nitrogens with one attached hydrogen (secondary N) is 1. The van der Waals surface area contributed by atoms with Crippen molar-refractivity contribution in [2.24, 2.45) is 17.6 Å². The summed E-state index contributed by atoms with van der Waals surface area (Å²) in [6.07, 6.45) is 2.01. The SMILES string of the molecule is CCCC(CN)C(=O)NCC(O)CC(C)C. The van der Waals surface area contributed by atoms with E-state index in [0.29, 0.717) is 25.4 Å². The lowest BCUT2D eigenvalue weighted by atomic mass is 10.0. The smallest absolute Gasteiger partial charge is 0.224 e. The molecule has 0 fully saturated rings. The fourth-order valence-electron chi connectivity index (χ4n) is 1.69. The first-order valence-electron chi connectivity index (χ1n) is 6.17. The Morgan fingerprint density at radius 2 is 2.06 bits per heavy atom. The number of aliphatic hydroxyl groups excluding tert-OH is 1. The van der Waals surface area contributed by atoms with E-state index in [1.807, 2.05) is 20.8 Å². The van der Waals surface area contributed by atoms with E-state index in [1.165, 1.54) is 0 Å². The van der Waals surface area contributed by atoms with Gasteiger partial charge < -0.3 is 16.2 Å². The van der Waals surface area contributed by atoms with Crippen LogP contribution in [0.3, 0.4) is 0 Å². The van der Waals surface area contributed by atoms with Gasteiger partial charge in [-0.2, -0.15) is 0 Å². The monoisotopic (exact) mass is 230 g/mol. The summed E-state index contributed by atoms with van der Waals surface area (Å²) in [5.74, 6) is 0.288. The van der Waals surface area contributed by atoms with Gasteiger partial charge in [-0.1, -0.05) is 27.2 Å². The van der Waals surface area contributed by atoms with Crippen molar-refractivity contribution in [1.29, 1.82) is 0 Å². The Balaban J connectivity index is 3.86. The van der Waals surface area contributed by atoms with E-state index in [9.17, 15) is 9.90 Å². The van der Waals surface area contributed by atoms with Crippen LogP contribution in [-0.4, -0.2) is 30.2 Å². The zero-order chi connectivity index (χ0) is 12.6. The minimum absolute atomic E-state index is 0.0350. The summed E-state index contributed by atoms with van der Waals surface area (Å²) in [4.78, 5) is 11.7. The minimum Gasteiger partial charge on any atom is -0.391 e. The van der Waals surface area contributed by atoms with Gasteiger partial charge in [-0.3, -0.25) is 4.79 Å². The summed E-state index contributed by atoms with van der Waals surface area (Å²) in [6.45, 7) is 6.83. The van der Waals surface area contributed by atoms with Crippen molar-refractivity contribution >= 4 is 5.91 Å². The Morgan fingerprint density at radius 1 is 1.44 bits per heavy atom. The van der Waals surface area contributed by atoms with Crippen LogP contribution in [0.4, 0.5) is 0 Å². The van der Waals surface area contributed by atoms with Crippen LogP contribution >= 0.6 is 0 Å². The fraction of sp³-hybridized carbons (Fsp3) is 0.917. The van der Waals surface area contributed by atoms with E-state index in [0.717, 1.165) is 12.8 Å². The Hall–Kier alpha value is -0.610. The predicted molar refractivity (Wildman–Crippen MR) is 65.9 cm³/mol. The zero-order valence-corrected chi connectivity index (χ0v) is 10.7. The molecular formula is C12H26N2O2. The topological polar surface area (TPSA) is 75.4 Å². The largest absolute Gasteiger partial charge is 0.391 e.